The molecule has 1 amide bonds. The molecule has 0 unspecified atom stereocenters. The van der Waals surface area contributed by atoms with Crippen LogP contribution in [0.3, 0.4) is 0 Å². The van der Waals surface area contributed by atoms with Gasteiger partial charge in [-0.1, -0.05) is 30.3 Å². The van der Waals surface area contributed by atoms with Gasteiger partial charge in [0, 0.05) is 23.4 Å². The third-order valence-electron chi connectivity index (χ3n) is 2.03. The maximum atomic E-state index is 11.6. The SMILES string of the molecule is O=C1C=CC(=CC(=O)c2ccccc2)N1. The van der Waals surface area contributed by atoms with Crippen LogP contribution in [0.5, 0.6) is 0 Å². The van der Waals surface area contributed by atoms with Crippen molar-refractivity contribution in [2.75, 3.05) is 0 Å². The molecule has 3 nitrogen and oxygen atoms in total. The van der Waals surface area contributed by atoms with Crippen molar-refractivity contribution in [1.29, 1.82) is 0 Å². The Labute approximate surface area is 87.1 Å². The van der Waals surface area contributed by atoms with Gasteiger partial charge in [-0.2, -0.15) is 0 Å². The largest absolute Gasteiger partial charge is 0.322 e. The molecule has 1 heterocycles. The molecular formula is C12H9NO2. The normalized spacial score (nSPS) is 16.8. The van der Waals surface area contributed by atoms with Gasteiger partial charge in [-0.05, 0) is 6.08 Å². The Kier molecular flexibility index (Phi) is 2.46. The molecule has 0 aromatic heterocycles. The zero-order valence-electron chi connectivity index (χ0n) is 7.94. The van der Waals surface area contributed by atoms with E-state index in [1.165, 1.54) is 12.2 Å². The van der Waals surface area contributed by atoms with Gasteiger partial charge in [0.25, 0.3) is 0 Å². The Balaban J connectivity index is 2.18. The summed E-state index contributed by atoms with van der Waals surface area (Å²) in [6.45, 7) is 0. The Morgan fingerprint density at radius 3 is 2.47 bits per heavy atom. The van der Waals surface area contributed by atoms with Crippen molar-refractivity contribution in [3.8, 4) is 0 Å². The molecule has 1 N–H and O–H groups in total. The molecule has 0 atom stereocenters. The van der Waals surface area contributed by atoms with Gasteiger partial charge in [0.1, 0.15) is 0 Å². The molecule has 0 aliphatic carbocycles. The van der Waals surface area contributed by atoms with Gasteiger partial charge in [-0.3, -0.25) is 9.59 Å². The number of nitrogens with one attached hydrogen (secondary N) is 1. The van der Waals surface area contributed by atoms with Gasteiger partial charge in [0.2, 0.25) is 5.91 Å². The van der Waals surface area contributed by atoms with E-state index in [1.54, 1.807) is 30.3 Å². The third-order valence-corrected chi connectivity index (χ3v) is 2.03. The van der Waals surface area contributed by atoms with Crippen molar-refractivity contribution in [3.05, 3.63) is 59.8 Å². The molecular weight excluding hydrogens is 190 g/mol. The first-order chi connectivity index (χ1) is 7.25. The summed E-state index contributed by atoms with van der Waals surface area (Å²) in [5, 5.41) is 2.54. The van der Waals surface area contributed by atoms with Crippen LogP contribution in [0, 0.1) is 0 Å². The summed E-state index contributed by atoms with van der Waals surface area (Å²) in [4.78, 5) is 22.5. The molecule has 3 heteroatoms. The number of carbonyl (C=O) groups excluding carboxylic acids is 2. The molecule has 2 rings (SSSR count). The zero-order chi connectivity index (χ0) is 10.7. The number of benzene rings is 1. The van der Waals surface area contributed by atoms with Crippen LogP contribution in [0.2, 0.25) is 0 Å². The first-order valence-corrected chi connectivity index (χ1v) is 4.56. The Morgan fingerprint density at radius 1 is 1.13 bits per heavy atom. The number of allylic oxidation sites excluding steroid dienone is 2. The fourth-order valence-electron chi connectivity index (χ4n) is 1.30. The number of carbonyl (C=O) groups is 2. The lowest BCUT2D eigenvalue weighted by atomic mass is 10.1. The summed E-state index contributed by atoms with van der Waals surface area (Å²) in [7, 11) is 0. The number of hydrogen-bond acceptors (Lipinski definition) is 2. The van der Waals surface area contributed by atoms with Crippen molar-refractivity contribution in [3.63, 3.8) is 0 Å². The molecule has 0 saturated carbocycles. The average molecular weight is 199 g/mol. The molecule has 1 aliphatic rings. The first kappa shape index (κ1) is 9.40. The lowest BCUT2D eigenvalue weighted by molar-refractivity contribution is -0.115. The third kappa shape index (κ3) is 2.20. The van der Waals surface area contributed by atoms with Crippen molar-refractivity contribution >= 4 is 11.7 Å². The van der Waals surface area contributed by atoms with Crippen molar-refractivity contribution in [2.45, 2.75) is 0 Å². The van der Waals surface area contributed by atoms with Gasteiger partial charge in [-0.25, -0.2) is 0 Å². The van der Waals surface area contributed by atoms with Crippen LogP contribution in [0.4, 0.5) is 0 Å². The number of amides is 1. The van der Waals surface area contributed by atoms with Crippen LogP contribution in [0.1, 0.15) is 10.4 Å². The van der Waals surface area contributed by atoms with E-state index in [1.807, 2.05) is 6.07 Å². The summed E-state index contributed by atoms with van der Waals surface area (Å²) in [5.41, 5.74) is 1.15. The van der Waals surface area contributed by atoms with E-state index in [0.717, 1.165) is 0 Å². The van der Waals surface area contributed by atoms with Crippen LogP contribution in [0.25, 0.3) is 0 Å². The monoisotopic (exact) mass is 199 g/mol. The second-order valence-electron chi connectivity index (χ2n) is 3.15. The summed E-state index contributed by atoms with van der Waals surface area (Å²) in [6, 6.07) is 8.92. The van der Waals surface area contributed by atoms with Crippen LogP contribution >= 0.6 is 0 Å². The zero-order valence-corrected chi connectivity index (χ0v) is 7.94. The lowest BCUT2D eigenvalue weighted by Gasteiger charge is -1.97. The fourth-order valence-corrected chi connectivity index (χ4v) is 1.30. The highest BCUT2D eigenvalue weighted by Gasteiger charge is 2.09. The summed E-state index contributed by atoms with van der Waals surface area (Å²) in [6.07, 6.45) is 4.39. The van der Waals surface area contributed by atoms with Crippen LogP contribution in [-0.2, 0) is 4.79 Å². The molecule has 1 aromatic carbocycles. The van der Waals surface area contributed by atoms with E-state index in [-0.39, 0.29) is 11.7 Å². The molecule has 0 bridgehead atoms. The molecule has 74 valence electrons. The molecule has 15 heavy (non-hydrogen) atoms. The van der Waals surface area contributed by atoms with E-state index in [0.29, 0.717) is 11.3 Å². The van der Waals surface area contributed by atoms with Crippen molar-refractivity contribution in [2.24, 2.45) is 0 Å². The quantitative estimate of drug-likeness (QED) is 0.578. The Bertz CT molecular complexity index is 458. The summed E-state index contributed by atoms with van der Waals surface area (Å²) in [5.74, 6) is -0.306. The fraction of sp³-hybridized carbons (Fsp3) is 0. The minimum Gasteiger partial charge on any atom is -0.322 e. The van der Waals surface area contributed by atoms with Crippen LogP contribution in [-0.4, -0.2) is 11.7 Å². The van der Waals surface area contributed by atoms with Gasteiger partial charge in [-0.15, -0.1) is 0 Å². The van der Waals surface area contributed by atoms with Crippen LogP contribution < -0.4 is 5.32 Å². The molecule has 1 aromatic rings. The smallest absolute Gasteiger partial charge is 0.248 e. The maximum Gasteiger partial charge on any atom is 0.248 e. The average Bonchev–Trinajstić information content (AvgIpc) is 2.65. The van der Waals surface area contributed by atoms with Crippen molar-refractivity contribution < 1.29 is 9.59 Å². The van der Waals surface area contributed by atoms with Gasteiger partial charge < -0.3 is 5.32 Å². The minimum absolute atomic E-state index is 0.113. The molecule has 0 fully saturated rings. The highest BCUT2D eigenvalue weighted by Crippen LogP contribution is 2.05. The summed E-state index contributed by atoms with van der Waals surface area (Å²) < 4.78 is 0. The highest BCUT2D eigenvalue weighted by molar-refractivity contribution is 6.06. The number of ketones is 1. The minimum atomic E-state index is -0.192. The van der Waals surface area contributed by atoms with E-state index < -0.39 is 0 Å². The lowest BCUT2D eigenvalue weighted by Crippen LogP contribution is -2.14. The topological polar surface area (TPSA) is 46.2 Å². The highest BCUT2D eigenvalue weighted by atomic mass is 16.1. The molecule has 0 spiro atoms. The number of rotatable bonds is 2. The predicted octanol–water partition coefficient (Wildman–Crippen LogP) is 1.44. The molecule has 1 aliphatic heterocycles. The molecule has 0 radical (unpaired) electrons. The second kappa shape index (κ2) is 3.92. The molecule has 0 saturated heterocycles. The standard InChI is InChI=1S/C12H9NO2/c14-11(9-4-2-1-3-5-9)8-10-6-7-12(15)13-10/h1-8H,(H,13,15). The van der Waals surface area contributed by atoms with Crippen LogP contribution in [0.15, 0.2) is 54.3 Å². The van der Waals surface area contributed by atoms with E-state index >= 15 is 0 Å². The summed E-state index contributed by atoms with van der Waals surface area (Å²) >= 11 is 0. The number of hydrogen-bond donors (Lipinski definition) is 1. The maximum absolute atomic E-state index is 11.6. The van der Waals surface area contributed by atoms with Crippen molar-refractivity contribution in [1.82, 2.24) is 5.32 Å². The van der Waals surface area contributed by atoms with E-state index in [9.17, 15) is 9.59 Å². The van der Waals surface area contributed by atoms with Gasteiger partial charge in [0.15, 0.2) is 5.78 Å². The first-order valence-electron chi connectivity index (χ1n) is 4.56. The Hall–Kier alpha value is -2.16. The van der Waals surface area contributed by atoms with E-state index in [2.05, 4.69) is 5.32 Å². The Morgan fingerprint density at radius 2 is 1.87 bits per heavy atom. The predicted molar refractivity (Wildman–Crippen MR) is 56.1 cm³/mol. The second-order valence-corrected chi connectivity index (χ2v) is 3.15. The van der Waals surface area contributed by atoms with Gasteiger partial charge >= 0.3 is 0 Å². The van der Waals surface area contributed by atoms with E-state index in [4.69, 9.17) is 0 Å². The van der Waals surface area contributed by atoms with Gasteiger partial charge in [0.05, 0.1) is 0 Å².